The molecule has 0 heterocycles. The van der Waals surface area contributed by atoms with Crippen molar-refractivity contribution in [2.24, 2.45) is 0 Å². The van der Waals surface area contributed by atoms with Crippen LogP contribution in [0.1, 0.15) is 79.8 Å². The van der Waals surface area contributed by atoms with Crippen molar-refractivity contribution in [2.75, 3.05) is 0 Å². The van der Waals surface area contributed by atoms with E-state index in [-0.39, 0.29) is 22.9 Å². The Morgan fingerprint density at radius 1 is 0.759 bits per heavy atom. The first-order valence-electron chi connectivity index (χ1n) is 10.8. The second-order valence-electron chi connectivity index (χ2n) is 7.39. The van der Waals surface area contributed by atoms with E-state index in [1.54, 1.807) is 0 Å². The van der Waals surface area contributed by atoms with Gasteiger partial charge in [0.15, 0.2) is 0 Å². The summed E-state index contributed by atoms with van der Waals surface area (Å²) in [5.74, 6) is 0.119. The minimum atomic E-state index is 0. The summed E-state index contributed by atoms with van der Waals surface area (Å²) >= 11 is 0. The summed E-state index contributed by atoms with van der Waals surface area (Å²) in [6, 6.07) is 25.7. The van der Waals surface area contributed by atoms with Crippen LogP contribution in [0.15, 0.2) is 78.9 Å². The normalized spacial score (nSPS) is 9.97. The number of ketones is 1. The maximum atomic E-state index is 12.2. The first-order chi connectivity index (χ1) is 13.8. The zero-order valence-electron chi connectivity index (χ0n) is 17.6. The average Bonchev–Trinajstić information content (AvgIpc) is 3.46. The molecular formula is C27H34FeO-6. The van der Waals surface area contributed by atoms with Gasteiger partial charge in [0.05, 0.1) is 0 Å². The summed E-state index contributed by atoms with van der Waals surface area (Å²) in [5, 5.41) is 0. The SMILES string of the molecule is CCCCCCCCCCc1ccc(C(=O)[c-]2cccc2)cc1.[Fe].[cH-]1[cH-][cH-][cH-][cH-]1. The van der Waals surface area contributed by atoms with Gasteiger partial charge in [-0.3, -0.25) is 0 Å². The number of carbonyl (C=O) groups is 1. The van der Waals surface area contributed by atoms with Crippen molar-refractivity contribution in [1.29, 1.82) is 0 Å². The molecule has 3 rings (SSSR count). The van der Waals surface area contributed by atoms with E-state index in [2.05, 4.69) is 19.1 Å². The third-order valence-corrected chi connectivity index (χ3v) is 5.02. The topological polar surface area (TPSA) is 17.1 Å². The second kappa shape index (κ2) is 16.0. The third kappa shape index (κ3) is 10.4. The van der Waals surface area contributed by atoms with Crippen LogP contribution in [0.4, 0.5) is 0 Å². The van der Waals surface area contributed by atoms with Crippen LogP contribution in [0.2, 0.25) is 0 Å². The van der Waals surface area contributed by atoms with Crippen molar-refractivity contribution in [3.8, 4) is 0 Å². The Balaban J connectivity index is 0.000000610. The molecule has 0 spiro atoms. The third-order valence-electron chi connectivity index (χ3n) is 5.02. The summed E-state index contributed by atoms with van der Waals surface area (Å²) in [6.45, 7) is 2.26. The van der Waals surface area contributed by atoms with Gasteiger partial charge >= 0.3 is 0 Å². The van der Waals surface area contributed by atoms with Gasteiger partial charge in [0, 0.05) is 17.1 Å². The van der Waals surface area contributed by atoms with E-state index in [1.165, 1.54) is 56.9 Å². The maximum absolute atomic E-state index is 12.2. The summed E-state index contributed by atoms with van der Waals surface area (Å²) in [5.41, 5.74) is 2.91. The van der Waals surface area contributed by atoms with Gasteiger partial charge in [-0.15, -0.1) is 12.1 Å². The molecule has 0 saturated heterocycles. The predicted octanol–water partition coefficient (Wildman–Crippen LogP) is 7.72. The Bertz CT molecular complexity index is 706. The molecule has 0 amide bonds. The van der Waals surface area contributed by atoms with Crippen molar-refractivity contribution in [1.82, 2.24) is 0 Å². The van der Waals surface area contributed by atoms with Crippen molar-refractivity contribution in [3.05, 3.63) is 95.6 Å². The Morgan fingerprint density at radius 3 is 1.76 bits per heavy atom. The summed E-state index contributed by atoms with van der Waals surface area (Å²) in [6.07, 6.45) is 11.9. The van der Waals surface area contributed by atoms with Crippen molar-refractivity contribution in [3.63, 3.8) is 0 Å². The largest absolute Gasteiger partial charge is 0.748 e. The molecular weight excluding hydrogens is 396 g/mol. The molecule has 0 aliphatic carbocycles. The number of aryl methyl sites for hydroxylation is 1. The van der Waals surface area contributed by atoms with E-state index in [4.69, 9.17) is 0 Å². The van der Waals surface area contributed by atoms with Crippen molar-refractivity contribution >= 4 is 5.78 Å². The first kappa shape index (κ1) is 25.1. The van der Waals surface area contributed by atoms with E-state index < -0.39 is 0 Å². The van der Waals surface area contributed by atoms with E-state index in [9.17, 15) is 4.79 Å². The molecule has 0 aliphatic heterocycles. The molecule has 0 bridgehead atoms. The number of unbranched alkanes of at least 4 members (excludes halogenated alkanes) is 7. The molecule has 3 aromatic carbocycles. The number of hydrogen-bond donors (Lipinski definition) is 0. The molecule has 3 aromatic rings. The van der Waals surface area contributed by atoms with Gasteiger partial charge in [-0.2, -0.15) is 12.1 Å². The van der Waals surface area contributed by atoms with Crippen molar-refractivity contribution < 1.29 is 21.9 Å². The molecule has 0 atom stereocenters. The zero-order chi connectivity index (χ0) is 19.9. The molecule has 0 aliphatic rings. The summed E-state index contributed by atoms with van der Waals surface area (Å²) < 4.78 is 0. The second-order valence-corrected chi connectivity index (χ2v) is 7.39. The Kier molecular flexibility index (Phi) is 13.8. The molecule has 0 aromatic heterocycles. The van der Waals surface area contributed by atoms with Crippen LogP contribution in [0, 0.1) is 0 Å². The fourth-order valence-electron chi connectivity index (χ4n) is 3.30. The van der Waals surface area contributed by atoms with Gasteiger partial charge in [0.1, 0.15) is 5.78 Å². The van der Waals surface area contributed by atoms with Crippen LogP contribution < -0.4 is 0 Å². The quantitative estimate of drug-likeness (QED) is 0.132. The van der Waals surface area contributed by atoms with E-state index >= 15 is 0 Å². The number of carbonyl (C=O) groups excluding carboxylic acids is 1. The summed E-state index contributed by atoms with van der Waals surface area (Å²) in [7, 11) is 0. The zero-order valence-corrected chi connectivity index (χ0v) is 18.7. The Hall–Kier alpha value is -1.89. The predicted molar refractivity (Wildman–Crippen MR) is 120 cm³/mol. The monoisotopic (exact) mass is 430 g/mol. The molecule has 2 heteroatoms. The molecule has 0 fully saturated rings. The van der Waals surface area contributed by atoms with Gasteiger partial charge in [0.2, 0.25) is 0 Å². The standard InChI is InChI=1S/C22H29O.C5H5.Fe/c1-2-3-4-5-6-7-8-9-12-19-15-17-21(18-16-19)22(23)20-13-10-11-14-20;1-2-4-5-3-1;/h10-11,13-18H,2-9,12H2,1H3;1-5H;/q-1;-5;. The smallest absolute Gasteiger partial charge is 0.112 e. The molecule has 0 radical (unpaired) electrons. The van der Waals surface area contributed by atoms with Gasteiger partial charge < -0.3 is 35.1 Å². The molecule has 162 valence electrons. The molecule has 0 saturated carbocycles. The molecule has 1 nitrogen and oxygen atoms in total. The first-order valence-corrected chi connectivity index (χ1v) is 10.8. The van der Waals surface area contributed by atoms with Gasteiger partial charge in [0.25, 0.3) is 0 Å². The van der Waals surface area contributed by atoms with E-state index in [0.29, 0.717) is 0 Å². The van der Waals surface area contributed by atoms with Crippen LogP contribution >= 0.6 is 0 Å². The van der Waals surface area contributed by atoms with Crippen LogP contribution in [0.3, 0.4) is 0 Å². The number of hydrogen-bond acceptors (Lipinski definition) is 1. The Labute approximate surface area is 187 Å². The van der Waals surface area contributed by atoms with Crippen LogP contribution in [0.25, 0.3) is 0 Å². The van der Waals surface area contributed by atoms with E-state index in [0.717, 1.165) is 17.5 Å². The van der Waals surface area contributed by atoms with Gasteiger partial charge in [-0.1, -0.05) is 87.3 Å². The van der Waals surface area contributed by atoms with Gasteiger partial charge in [-0.25, -0.2) is 0 Å². The van der Waals surface area contributed by atoms with Crippen LogP contribution in [-0.4, -0.2) is 5.78 Å². The minimum absolute atomic E-state index is 0. The average molecular weight is 430 g/mol. The number of benzene rings is 1. The van der Waals surface area contributed by atoms with Gasteiger partial charge in [-0.05, 0) is 18.4 Å². The van der Waals surface area contributed by atoms with Crippen LogP contribution in [0.5, 0.6) is 0 Å². The fourth-order valence-corrected chi connectivity index (χ4v) is 3.30. The minimum Gasteiger partial charge on any atom is -0.748 e. The van der Waals surface area contributed by atoms with Crippen LogP contribution in [-0.2, 0) is 23.5 Å². The molecule has 29 heavy (non-hydrogen) atoms. The molecule has 0 N–H and O–H groups in total. The summed E-state index contributed by atoms with van der Waals surface area (Å²) in [4.78, 5) is 12.2. The Morgan fingerprint density at radius 2 is 1.24 bits per heavy atom. The molecule has 0 unspecified atom stereocenters. The van der Waals surface area contributed by atoms with E-state index in [1.807, 2.05) is 66.7 Å². The number of rotatable bonds is 11. The maximum Gasteiger partial charge on any atom is 0.112 e. The fraction of sp³-hybridized carbons (Fsp3) is 0.370. The van der Waals surface area contributed by atoms with Crippen molar-refractivity contribution in [2.45, 2.75) is 64.7 Å².